The molecular formula is C9H13N5O5S. The molecule has 1 rings (SSSR count). The van der Waals surface area contributed by atoms with Crippen LogP contribution in [0.4, 0.5) is 11.4 Å². The van der Waals surface area contributed by atoms with E-state index in [9.17, 15) is 23.3 Å². The van der Waals surface area contributed by atoms with Crippen molar-refractivity contribution in [3.05, 3.63) is 33.9 Å². The molecule has 0 aliphatic carbocycles. The molecule has 0 aromatic heterocycles. The molecule has 11 heteroatoms. The first-order valence-corrected chi connectivity index (χ1v) is 7.00. The lowest BCUT2D eigenvalue weighted by Crippen LogP contribution is -2.32. The number of hydrogen-bond acceptors (Lipinski definition) is 7. The van der Waals surface area contributed by atoms with Crippen LogP contribution >= 0.6 is 0 Å². The first-order valence-electron chi connectivity index (χ1n) is 5.28. The minimum Gasteiger partial charge on any atom is -0.351 e. The van der Waals surface area contributed by atoms with E-state index in [0.29, 0.717) is 0 Å². The number of nitro groups is 1. The summed E-state index contributed by atoms with van der Waals surface area (Å²) in [5.41, 5.74) is 2.03. The third kappa shape index (κ3) is 4.46. The molecule has 20 heavy (non-hydrogen) atoms. The minimum atomic E-state index is -3.70. The molecule has 0 saturated carbocycles. The van der Waals surface area contributed by atoms with E-state index in [1.165, 1.54) is 12.1 Å². The van der Waals surface area contributed by atoms with Gasteiger partial charge in [0.25, 0.3) is 11.6 Å². The van der Waals surface area contributed by atoms with Crippen LogP contribution in [0.15, 0.2) is 18.2 Å². The van der Waals surface area contributed by atoms with Crippen LogP contribution in [0, 0.1) is 10.1 Å². The lowest BCUT2D eigenvalue weighted by Gasteiger charge is -2.09. The maximum atomic E-state index is 11.8. The van der Waals surface area contributed by atoms with Crippen molar-refractivity contribution in [2.24, 2.45) is 11.0 Å². The number of hydrogen-bond donors (Lipinski definition) is 4. The van der Waals surface area contributed by atoms with E-state index in [1.807, 2.05) is 0 Å². The number of carbonyl (C=O) groups is 1. The number of nitrogens with one attached hydrogen (secondary N) is 2. The van der Waals surface area contributed by atoms with E-state index in [-0.39, 0.29) is 23.5 Å². The molecule has 1 aromatic rings. The highest BCUT2D eigenvalue weighted by Crippen LogP contribution is 2.21. The van der Waals surface area contributed by atoms with E-state index >= 15 is 0 Å². The lowest BCUT2D eigenvalue weighted by molar-refractivity contribution is -0.384. The van der Waals surface area contributed by atoms with Gasteiger partial charge in [0.1, 0.15) is 0 Å². The lowest BCUT2D eigenvalue weighted by atomic mass is 10.1. The summed E-state index contributed by atoms with van der Waals surface area (Å²) in [5, 5.41) is 17.7. The molecule has 0 spiro atoms. The van der Waals surface area contributed by atoms with Gasteiger partial charge in [0.15, 0.2) is 0 Å². The number of non-ortho nitro benzene ring substituents is 1. The molecule has 6 N–H and O–H groups in total. The molecule has 0 bridgehead atoms. The number of anilines is 1. The highest BCUT2D eigenvalue weighted by molar-refractivity contribution is 7.89. The fraction of sp³-hybridized carbons (Fsp3) is 0.222. The second kappa shape index (κ2) is 6.27. The van der Waals surface area contributed by atoms with Gasteiger partial charge in [0.2, 0.25) is 10.0 Å². The normalized spacial score (nSPS) is 10.9. The van der Waals surface area contributed by atoms with Gasteiger partial charge in [0.05, 0.1) is 21.9 Å². The summed E-state index contributed by atoms with van der Waals surface area (Å²) in [6.45, 7) is -0.218. The van der Waals surface area contributed by atoms with Crippen molar-refractivity contribution in [3.8, 4) is 0 Å². The Balaban J connectivity index is 2.90. The third-order valence-electron chi connectivity index (χ3n) is 2.29. The second-order valence-corrected chi connectivity index (χ2v) is 5.49. The number of rotatable bonds is 6. The molecule has 0 unspecified atom stereocenters. The summed E-state index contributed by atoms with van der Waals surface area (Å²) in [6, 6.07) is 3.48. The van der Waals surface area contributed by atoms with Crippen molar-refractivity contribution in [3.63, 3.8) is 0 Å². The van der Waals surface area contributed by atoms with Crippen molar-refractivity contribution < 1.29 is 18.1 Å². The maximum Gasteiger partial charge on any atom is 0.270 e. The molecule has 0 saturated heterocycles. The standard InChI is InChI=1S/C9H13N5O5S/c10-13-8-2-1-6(14(16)17)5-7(8)9(15)12-3-4-20(11,18)19/h1-2,5,13H,3-4,10H2,(H,12,15)(H2,11,18,19). The van der Waals surface area contributed by atoms with Crippen LogP contribution in [-0.4, -0.2) is 31.5 Å². The highest BCUT2D eigenvalue weighted by Gasteiger charge is 2.16. The van der Waals surface area contributed by atoms with Crippen LogP contribution in [0.1, 0.15) is 10.4 Å². The Hall–Kier alpha value is -2.24. The molecule has 0 aliphatic heterocycles. The molecular weight excluding hydrogens is 290 g/mol. The van der Waals surface area contributed by atoms with Gasteiger partial charge < -0.3 is 10.7 Å². The Labute approximate surface area is 114 Å². The second-order valence-electron chi connectivity index (χ2n) is 3.75. The Morgan fingerprint density at radius 2 is 2.05 bits per heavy atom. The molecule has 0 fully saturated rings. The van der Waals surface area contributed by atoms with E-state index < -0.39 is 26.6 Å². The van der Waals surface area contributed by atoms with Crippen LogP contribution in [0.25, 0.3) is 0 Å². The molecule has 1 amide bonds. The molecule has 0 radical (unpaired) electrons. The number of benzene rings is 1. The van der Waals surface area contributed by atoms with Crippen LogP contribution in [0.5, 0.6) is 0 Å². The zero-order valence-electron chi connectivity index (χ0n) is 10.2. The number of nitro benzene ring substituents is 1. The minimum absolute atomic E-state index is 0.0730. The van der Waals surface area contributed by atoms with Gasteiger partial charge in [-0.15, -0.1) is 0 Å². The Bertz CT molecular complexity index is 630. The van der Waals surface area contributed by atoms with Crippen LogP contribution in [-0.2, 0) is 10.0 Å². The molecule has 0 atom stereocenters. The molecule has 0 aliphatic rings. The predicted molar refractivity (Wildman–Crippen MR) is 71.2 cm³/mol. The van der Waals surface area contributed by atoms with Gasteiger partial charge in [-0.05, 0) is 6.07 Å². The molecule has 110 valence electrons. The van der Waals surface area contributed by atoms with Crippen LogP contribution in [0.2, 0.25) is 0 Å². The summed E-state index contributed by atoms with van der Waals surface area (Å²) in [5.74, 6) is 4.05. The number of primary sulfonamides is 1. The zero-order chi connectivity index (χ0) is 15.3. The zero-order valence-corrected chi connectivity index (χ0v) is 11.0. The van der Waals surface area contributed by atoms with E-state index in [1.54, 1.807) is 0 Å². The fourth-order valence-electron chi connectivity index (χ4n) is 1.36. The fourth-order valence-corrected chi connectivity index (χ4v) is 1.75. The monoisotopic (exact) mass is 303 g/mol. The third-order valence-corrected chi connectivity index (χ3v) is 3.06. The van der Waals surface area contributed by atoms with Crippen LogP contribution in [0.3, 0.4) is 0 Å². The quantitative estimate of drug-likeness (QED) is 0.293. The van der Waals surface area contributed by atoms with Gasteiger partial charge in [-0.25, -0.2) is 13.6 Å². The topological polar surface area (TPSA) is 170 Å². The summed E-state index contributed by atoms with van der Waals surface area (Å²) in [4.78, 5) is 21.8. The summed E-state index contributed by atoms with van der Waals surface area (Å²) >= 11 is 0. The number of nitrogen functional groups attached to an aromatic ring is 1. The first-order chi connectivity index (χ1) is 9.24. The number of amides is 1. The van der Waals surface area contributed by atoms with E-state index in [4.69, 9.17) is 11.0 Å². The largest absolute Gasteiger partial charge is 0.351 e. The molecule has 1 aromatic carbocycles. The summed E-state index contributed by atoms with van der Waals surface area (Å²) in [7, 11) is -3.70. The smallest absolute Gasteiger partial charge is 0.270 e. The number of carbonyl (C=O) groups excluding carboxylic acids is 1. The van der Waals surface area contributed by atoms with Gasteiger partial charge in [0, 0.05) is 18.7 Å². The van der Waals surface area contributed by atoms with Crippen molar-refractivity contribution in [1.29, 1.82) is 0 Å². The average Bonchev–Trinajstić information content (AvgIpc) is 2.36. The van der Waals surface area contributed by atoms with E-state index in [0.717, 1.165) is 6.07 Å². The predicted octanol–water partition coefficient (Wildman–Crippen LogP) is -1.10. The number of hydrazine groups is 1. The van der Waals surface area contributed by atoms with Gasteiger partial charge in [-0.3, -0.25) is 20.8 Å². The number of nitrogens with two attached hydrogens (primary N) is 2. The highest BCUT2D eigenvalue weighted by atomic mass is 32.2. The maximum absolute atomic E-state index is 11.8. The summed E-state index contributed by atoms with van der Waals surface area (Å²) < 4.78 is 21.4. The Kier molecular flexibility index (Phi) is 4.96. The molecule has 0 heterocycles. The van der Waals surface area contributed by atoms with Crippen molar-refractivity contribution in [2.45, 2.75) is 0 Å². The number of nitrogens with zero attached hydrogens (tertiary/aromatic N) is 1. The van der Waals surface area contributed by atoms with Crippen molar-refractivity contribution >= 4 is 27.3 Å². The van der Waals surface area contributed by atoms with Gasteiger partial charge in [-0.2, -0.15) is 0 Å². The first kappa shape index (κ1) is 15.8. The van der Waals surface area contributed by atoms with Crippen molar-refractivity contribution in [1.82, 2.24) is 5.32 Å². The van der Waals surface area contributed by atoms with Gasteiger partial charge in [-0.1, -0.05) is 0 Å². The van der Waals surface area contributed by atoms with Crippen LogP contribution < -0.4 is 21.7 Å². The van der Waals surface area contributed by atoms with Gasteiger partial charge >= 0.3 is 0 Å². The Morgan fingerprint density at radius 1 is 1.40 bits per heavy atom. The average molecular weight is 303 g/mol. The van der Waals surface area contributed by atoms with Crippen molar-refractivity contribution in [2.75, 3.05) is 17.7 Å². The molecule has 10 nitrogen and oxygen atoms in total. The SMILES string of the molecule is NNc1ccc([N+](=O)[O-])cc1C(=O)NCCS(N)(=O)=O. The Morgan fingerprint density at radius 3 is 2.55 bits per heavy atom. The van der Waals surface area contributed by atoms with E-state index in [2.05, 4.69) is 10.7 Å². The number of sulfonamides is 1. The summed E-state index contributed by atoms with van der Waals surface area (Å²) in [6.07, 6.45) is 0.